The minimum Gasteiger partial charge on any atom is -0.443 e. The fraction of sp³-hybridized carbons (Fsp3) is 0.367. The molecule has 0 atom stereocenters. The summed E-state index contributed by atoms with van der Waals surface area (Å²) >= 11 is 0. The van der Waals surface area contributed by atoms with Gasteiger partial charge >= 0.3 is 12.2 Å². The molecule has 9 nitrogen and oxygen atoms in total. The molecular weight excluding hydrogens is 532 g/mol. The van der Waals surface area contributed by atoms with Gasteiger partial charge in [-0.15, -0.1) is 0 Å². The zero-order valence-corrected chi connectivity index (χ0v) is 24.2. The number of hydrogen-bond acceptors (Lipinski definition) is 7. The van der Waals surface area contributed by atoms with Gasteiger partial charge in [0.2, 0.25) is 5.95 Å². The highest BCUT2D eigenvalue weighted by Crippen LogP contribution is 2.27. The number of carbonyl (C=O) groups excluding carboxylic acids is 2. The lowest BCUT2D eigenvalue weighted by Crippen LogP contribution is -2.37. The van der Waals surface area contributed by atoms with Gasteiger partial charge in [0.05, 0.1) is 12.7 Å². The van der Waals surface area contributed by atoms with Crippen LogP contribution in [0.2, 0.25) is 0 Å². The van der Waals surface area contributed by atoms with E-state index in [2.05, 4.69) is 15.0 Å². The number of ether oxygens (including phenoxy) is 2. The molecule has 4 rings (SSSR count). The molecule has 1 amide bonds. The molecule has 0 fully saturated rings. The van der Waals surface area contributed by atoms with E-state index in [4.69, 9.17) is 9.47 Å². The average Bonchev–Trinajstić information content (AvgIpc) is 3.19. The number of aryl methyl sites for hydroxylation is 1. The minimum atomic E-state index is -0.831. The number of anilines is 1. The first kappa shape index (κ1) is 29.6. The number of pyridine rings is 3. The van der Waals surface area contributed by atoms with Crippen molar-refractivity contribution in [2.24, 2.45) is 0 Å². The fourth-order valence-corrected chi connectivity index (χ4v) is 4.09. The first-order valence-corrected chi connectivity index (χ1v) is 13.0. The predicted octanol–water partition coefficient (Wildman–Crippen LogP) is 6.73. The summed E-state index contributed by atoms with van der Waals surface area (Å²) in [5, 5.41) is 0.674. The topological polar surface area (TPSA) is 99.4 Å². The highest BCUT2D eigenvalue weighted by atomic mass is 19.1. The van der Waals surface area contributed by atoms with E-state index in [-0.39, 0.29) is 24.3 Å². The number of rotatable bonds is 5. The van der Waals surface area contributed by atoms with Crippen molar-refractivity contribution in [2.75, 3.05) is 4.90 Å². The second-order valence-electron chi connectivity index (χ2n) is 11.8. The number of hydrogen-bond donors (Lipinski definition) is 0. The molecule has 4 aromatic rings. The van der Waals surface area contributed by atoms with E-state index in [1.54, 1.807) is 53.9 Å². The van der Waals surface area contributed by atoms with Crippen molar-refractivity contribution >= 4 is 29.0 Å². The third kappa shape index (κ3) is 7.41. The molecule has 216 valence electrons. The lowest BCUT2D eigenvalue weighted by atomic mass is 10.1. The molecule has 11 heteroatoms. The molecule has 41 heavy (non-hydrogen) atoms. The molecule has 4 aromatic heterocycles. The molecule has 4 heterocycles. The third-order valence-corrected chi connectivity index (χ3v) is 5.74. The van der Waals surface area contributed by atoms with E-state index in [0.29, 0.717) is 22.2 Å². The molecule has 0 bridgehead atoms. The Labute approximate surface area is 237 Å². The Morgan fingerprint density at radius 3 is 2.29 bits per heavy atom. The molecule has 0 radical (unpaired) electrons. The van der Waals surface area contributed by atoms with Crippen LogP contribution in [0.5, 0.6) is 0 Å². The molecule has 0 saturated carbocycles. The van der Waals surface area contributed by atoms with E-state index < -0.39 is 35.2 Å². The van der Waals surface area contributed by atoms with Crippen molar-refractivity contribution in [1.29, 1.82) is 0 Å². The van der Waals surface area contributed by atoms with Gasteiger partial charge in [-0.3, -0.25) is 9.88 Å². The summed E-state index contributed by atoms with van der Waals surface area (Å²) in [4.78, 5) is 39.3. The van der Waals surface area contributed by atoms with Crippen LogP contribution in [0.15, 0.2) is 49.1 Å². The summed E-state index contributed by atoms with van der Waals surface area (Å²) in [7, 11) is 0. The van der Waals surface area contributed by atoms with Crippen LogP contribution < -0.4 is 4.90 Å². The summed E-state index contributed by atoms with van der Waals surface area (Å²) < 4.78 is 41.6. The smallest absolute Gasteiger partial charge is 0.420 e. The van der Waals surface area contributed by atoms with Crippen LogP contribution >= 0.6 is 0 Å². The zero-order valence-electron chi connectivity index (χ0n) is 24.2. The Balaban J connectivity index is 1.68. The Kier molecular flexibility index (Phi) is 8.10. The van der Waals surface area contributed by atoms with E-state index >= 15 is 4.39 Å². The second kappa shape index (κ2) is 11.2. The number of fused-ring (bicyclic) bond motifs is 1. The first-order chi connectivity index (χ1) is 19.1. The van der Waals surface area contributed by atoms with E-state index in [0.717, 1.165) is 16.7 Å². The van der Waals surface area contributed by atoms with Gasteiger partial charge in [-0.05, 0) is 83.4 Å². The van der Waals surface area contributed by atoms with E-state index in [9.17, 15) is 14.0 Å². The summed E-state index contributed by atoms with van der Waals surface area (Å²) in [6.07, 6.45) is 4.40. The summed E-state index contributed by atoms with van der Waals surface area (Å²) in [6, 6.07) is 6.10. The largest absolute Gasteiger partial charge is 0.443 e. The third-order valence-electron chi connectivity index (χ3n) is 5.74. The van der Waals surface area contributed by atoms with Crippen LogP contribution in [-0.4, -0.2) is 42.9 Å². The Morgan fingerprint density at radius 1 is 0.951 bits per heavy atom. The molecule has 0 aromatic carbocycles. The molecule has 0 aliphatic heterocycles. The van der Waals surface area contributed by atoms with Gasteiger partial charge in [0.15, 0.2) is 0 Å². The quantitative estimate of drug-likeness (QED) is 0.247. The van der Waals surface area contributed by atoms with Crippen molar-refractivity contribution < 1.29 is 27.8 Å². The SMILES string of the molecule is Cc1cnc2c(c1)c(Cc1ccc(N(Cc3cncc(F)c3)C(=O)OC(C)(C)C)nc1F)cn2C(=O)OC(C)(C)C. The van der Waals surface area contributed by atoms with Crippen LogP contribution in [0.3, 0.4) is 0 Å². The molecule has 0 aliphatic rings. The van der Waals surface area contributed by atoms with Gasteiger partial charge in [-0.2, -0.15) is 4.39 Å². The summed E-state index contributed by atoms with van der Waals surface area (Å²) in [6.45, 7) is 12.1. The van der Waals surface area contributed by atoms with Crippen molar-refractivity contribution in [1.82, 2.24) is 19.5 Å². The minimum absolute atomic E-state index is 0.0153. The van der Waals surface area contributed by atoms with Gasteiger partial charge in [0.25, 0.3) is 0 Å². The summed E-state index contributed by atoms with van der Waals surface area (Å²) in [5.41, 5.74) is 0.966. The molecule has 0 spiro atoms. The lowest BCUT2D eigenvalue weighted by Gasteiger charge is -2.27. The van der Waals surface area contributed by atoms with Crippen molar-refractivity contribution in [3.63, 3.8) is 0 Å². The average molecular weight is 566 g/mol. The van der Waals surface area contributed by atoms with Crippen molar-refractivity contribution in [2.45, 2.75) is 72.6 Å². The van der Waals surface area contributed by atoms with Crippen LogP contribution in [-0.2, 0) is 22.4 Å². The number of carbonyl (C=O) groups is 2. The number of aromatic nitrogens is 4. The summed E-state index contributed by atoms with van der Waals surface area (Å²) in [5.74, 6) is -1.40. The maximum absolute atomic E-state index is 15.5. The Morgan fingerprint density at radius 2 is 1.66 bits per heavy atom. The standard InChI is InChI=1S/C30H33F2N5O4/c1-18-10-23-21(17-37(26(23)34-13-18)28(39)41-30(5,6)7)12-20-8-9-24(35-25(20)32)36(27(38)40-29(2,3)4)16-19-11-22(31)15-33-14-19/h8-11,13-15,17H,12,16H2,1-7H3. The zero-order chi connectivity index (χ0) is 30.1. The normalized spacial score (nSPS) is 11.9. The molecule has 0 unspecified atom stereocenters. The van der Waals surface area contributed by atoms with Gasteiger partial charge < -0.3 is 9.47 Å². The van der Waals surface area contributed by atoms with Crippen molar-refractivity contribution in [3.8, 4) is 0 Å². The second-order valence-corrected chi connectivity index (χ2v) is 11.8. The van der Waals surface area contributed by atoms with Crippen LogP contribution in [0.25, 0.3) is 11.0 Å². The van der Waals surface area contributed by atoms with E-state index in [1.807, 2.05) is 13.0 Å². The predicted molar refractivity (Wildman–Crippen MR) is 150 cm³/mol. The maximum atomic E-state index is 15.5. The van der Waals surface area contributed by atoms with Gasteiger partial charge in [-0.1, -0.05) is 6.07 Å². The molecule has 0 aliphatic carbocycles. The number of nitrogens with zero attached hydrogens (tertiary/aromatic N) is 5. The highest BCUT2D eigenvalue weighted by Gasteiger charge is 2.26. The fourth-order valence-electron chi connectivity index (χ4n) is 4.09. The van der Waals surface area contributed by atoms with Gasteiger partial charge in [0, 0.05) is 36.0 Å². The Bertz CT molecular complexity index is 1600. The Hall–Kier alpha value is -4.41. The molecule has 0 saturated heterocycles. The highest BCUT2D eigenvalue weighted by molar-refractivity contribution is 5.90. The van der Waals surface area contributed by atoms with Gasteiger partial charge in [-0.25, -0.2) is 28.5 Å². The molecule has 0 N–H and O–H groups in total. The number of amides is 1. The van der Waals surface area contributed by atoms with Crippen molar-refractivity contribution in [3.05, 3.63) is 83.1 Å². The van der Waals surface area contributed by atoms with Crippen LogP contribution in [0.1, 0.15) is 63.8 Å². The first-order valence-electron chi connectivity index (χ1n) is 13.0. The monoisotopic (exact) mass is 565 g/mol. The van der Waals surface area contributed by atoms with Gasteiger partial charge in [0.1, 0.15) is 28.5 Å². The van der Waals surface area contributed by atoms with Crippen LogP contribution in [0.4, 0.5) is 24.2 Å². The number of halogens is 2. The lowest BCUT2D eigenvalue weighted by molar-refractivity contribution is 0.0540. The van der Waals surface area contributed by atoms with E-state index in [1.165, 1.54) is 29.0 Å². The maximum Gasteiger partial charge on any atom is 0.420 e. The molecular formula is C30H33F2N5O4. The van der Waals surface area contributed by atoms with Crippen LogP contribution in [0, 0.1) is 18.7 Å².